The van der Waals surface area contributed by atoms with Gasteiger partial charge in [-0.15, -0.1) is 0 Å². The summed E-state index contributed by atoms with van der Waals surface area (Å²) >= 11 is 0. The van der Waals surface area contributed by atoms with Crippen LogP contribution in [0.3, 0.4) is 0 Å². The monoisotopic (exact) mass is 260 g/mol. The van der Waals surface area contributed by atoms with Crippen LogP contribution in [0.25, 0.3) is 0 Å². The number of benzene rings is 1. The van der Waals surface area contributed by atoms with Gasteiger partial charge >= 0.3 is 0 Å². The molecule has 3 heteroatoms. The van der Waals surface area contributed by atoms with Gasteiger partial charge in [-0.3, -0.25) is 4.79 Å². The Balaban J connectivity index is 1.81. The van der Waals surface area contributed by atoms with Gasteiger partial charge < -0.3 is 10.2 Å². The SMILES string of the molecule is CC(NC(=O)CC1CCCN(C)C1)c1ccccc1. The molecule has 2 rings (SSSR count). The van der Waals surface area contributed by atoms with Crippen molar-refractivity contribution < 1.29 is 4.79 Å². The number of hydrogen-bond donors (Lipinski definition) is 1. The van der Waals surface area contributed by atoms with E-state index in [4.69, 9.17) is 0 Å². The first kappa shape index (κ1) is 14.1. The Bertz CT molecular complexity index is 404. The molecule has 1 amide bonds. The van der Waals surface area contributed by atoms with E-state index >= 15 is 0 Å². The number of carbonyl (C=O) groups excluding carboxylic acids is 1. The van der Waals surface area contributed by atoms with Crippen molar-refractivity contribution in [1.82, 2.24) is 10.2 Å². The van der Waals surface area contributed by atoms with Crippen molar-refractivity contribution in [2.45, 2.75) is 32.2 Å². The zero-order valence-corrected chi connectivity index (χ0v) is 11.9. The maximum Gasteiger partial charge on any atom is 0.220 e. The van der Waals surface area contributed by atoms with Gasteiger partial charge in [0, 0.05) is 13.0 Å². The molecule has 19 heavy (non-hydrogen) atoms. The second-order valence-corrected chi connectivity index (χ2v) is 5.67. The van der Waals surface area contributed by atoms with Crippen molar-refractivity contribution in [2.75, 3.05) is 20.1 Å². The van der Waals surface area contributed by atoms with E-state index in [2.05, 4.69) is 29.4 Å². The lowest BCUT2D eigenvalue weighted by atomic mass is 9.94. The largest absolute Gasteiger partial charge is 0.350 e. The topological polar surface area (TPSA) is 32.3 Å². The molecule has 1 aromatic carbocycles. The van der Waals surface area contributed by atoms with Crippen LogP contribution in [0.4, 0.5) is 0 Å². The van der Waals surface area contributed by atoms with Crippen LogP contribution in [0.15, 0.2) is 30.3 Å². The predicted molar refractivity (Wildman–Crippen MR) is 77.8 cm³/mol. The lowest BCUT2D eigenvalue weighted by Crippen LogP contribution is -2.36. The van der Waals surface area contributed by atoms with Crippen molar-refractivity contribution in [1.29, 1.82) is 0 Å². The Kier molecular flexibility index (Phi) is 4.97. The number of carbonyl (C=O) groups is 1. The van der Waals surface area contributed by atoms with Gasteiger partial charge in [-0.2, -0.15) is 0 Å². The van der Waals surface area contributed by atoms with Crippen LogP contribution in [0.1, 0.15) is 37.8 Å². The zero-order valence-electron chi connectivity index (χ0n) is 11.9. The molecule has 1 fully saturated rings. The Morgan fingerprint density at radius 2 is 2.16 bits per heavy atom. The third-order valence-electron chi connectivity index (χ3n) is 3.87. The minimum absolute atomic E-state index is 0.0926. The molecule has 0 bridgehead atoms. The molecule has 0 aromatic heterocycles. The third kappa shape index (κ3) is 4.35. The second-order valence-electron chi connectivity index (χ2n) is 5.67. The first-order valence-corrected chi connectivity index (χ1v) is 7.18. The molecule has 2 unspecified atom stereocenters. The smallest absolute Gasteiger partial charge is 0.220 e. The first-order valence-electron chi connectivity index (χ1n) is 7.18. The van der Waals surface area contributed by atoms with Crippen LogP contribution in [0.5, 0.6) is 0 Å². The summed E-state index contributed by atoms with van der Waals surface area (Å²) in [6.07, 6.45) is 3.04. The Hall–Kier alpha value is -1.35. The maximum atomic E-state index is 12.1. The van der Waals surface area contributed by atoms with Crippen molar-refractivity contribution in [3.8, 4) is 0 Å². The fourth-order valence-corrected chi connectivity index (χ4v) is 2.83. The highest BCUT2D eigenvalue weighted by Crippen LogP contribution is 2.19. The van der Waals surface area contributed by atoms with Gasteiger partial charge in [0.25, 0.3) is 0 Å². The van der Waals surface area contributed by atoms with E-state index < -0.39 is 0 Å². The fourth-order valence-electron chi connectivity index (χ4n) is 2.83. The summed E-state index contributed by atoms with van der Waals surface area (Å²) in [6, 6.07) is 10.2. The Labute approximate surface area is 116 Å². The van der Waals surface area contributed by atoms with Gasteiger partial charge in [-0.1, -0.05) is 30.3 Å². The molecule has 0 radical (unpaired) electrons. The summed E-state index contributed by atoms with van der Waals surface area (Å²) in [5.74, 6) is 0.693. The summed E-state index contributed by atoms with van der Waals surface area (Å²) in [4.78, 5) is 14.4. The molecule has 1 saturated heterocycles. The van der Waals surface area contributed by atoms with Crippen LogP contribution in [0, 0.1) is 5.92 Å². The summed E-state index contributed by atoms with van der Waals surface area (Å²) in [5.41, 5.74) is 1.16. The molecule has 104 valence electrons. The van der Waals surface area contributed by atoms with Crippen LogP contribution >= 0.6 is 0 Å². The molecular formula is C16H24N2O. The highest BCUT2D eigenvalue weighted by Gasteiger charge is 2.20. The second kappa shape index (κ2) is 6.71. The third-order valence-corrected chi connectivity index (χ3v) is 3.87. The van der Waals surface area contributed by atoms with Gasteiger partial charge in [0.05, 0.1) is 6.04 Å². The molecule has 1 heterocycles. The predicted octanol–water partition coefficient (Wildman–Crippen LogP) is 2.60. The van der Waals surface area contributed by atoms with Crippen LogP contribution in [-0.4, -0.2) is 30.9 Å². The van der Waals surface area contributed by atoms with Crippen molar-refractivity contribution >= 4 is 5.91 Å². The number of hydrogen-bond acceptors (Lipinski definition) is 2. The Morgan fingerprint density at radius 1 is 1.42 bits per heavy atom. The van der Waals surface area contributed by atoms with E-state index in [1.54, 1.807) is 0 Å². The Morgan fingerprint density at radius 3 is 2.84 bits per heavy atom. The van der Waals surface area contributed by atoms with E-state index in [-0.39, 0.29) is 11.9 Å². The van der Waals surface area contributed by atoms with Gasteiger partial charge in [0.1, 0.15) is 0 Å². The summed E-state index contributed by atoms with van der Waals surface area (Å²) in [6.45, 7) is 4.26. The minimum atomic E-state index is 0.0926. The number of piperidine rings is 1. The normalized spacial score (nSPS) is 21.9. The number of likely N-dealkylation sites (tertiary alicyclic amines) is 1. The van der Waals surface area contributed by atoms with E-state index in [1.165, 1.54) is 19.4 Å². The lowest BCUT2D eigenvalue weighted by molar-refractivity contribution is -0.123. The van der Waals surface area contributed by atoms with E-state index in [0.717, 1.165) is 12.1 Å². The summed E-state index contributed by atoms with van der Waals surface area (Å²) < 4.78 is 0. The van der Waals surface area contributed by atoms with E-state index in [0.29, 0.717) is 12.3 Å². The first-order chi connectivity index (χ1) is 9.15. The fraction of sp³-hybridized carbons (Fsp3) is 0.562. The van der Waals surface area contributed by atoms with Gasteiger partial charge in [-0.25, -0.2) is 0 Å². The molecule has 0 spiro atoms. The van der Waals surface area contributed by atoms with Crippen molar-refractivity contribution in [2.24, 2.45) is 5.92 Å². The maximum absolute atomic E-state index is 12.1. The molecule has 1 N–H and O–H groups in total. The molecule has 2 atom stereocenters. The highest BCUT2D eigenvalue weighted by atomic mass is 16.1. The molecule has 3 nitrogen and oxygen atoms in total. The molecule has 0 aliphatic carbocycles. The molecule has 1 aromatic rings. The van der Waals surface area contributed by atoms with Gasteiger partial charge in [-0.05, 0) is 44.8 Å². The average molecular weight is 260 g/mol. The van der Waals surface area contributed by atoms with Crippen molar-refractivity contribution in [3.63, 3.8) is 0 Å². The molecule has 1 aliphatic rings. The molecular weight excluding hydrogens is 236 g/mol. The van der Waals surface area contributed by atoms with E-state index in [9.17, 15) is 4.79 Å². The van der Waals surface area contributed by atoms with Gasteiger partial charge in [0.2, 0.25) is 5.91 Å². The standard InChI is InChI=1S/C16H24N2O/c1-13(15-8-4-3-5-9-15)17-16(19)11-14-7-6-10-18(2)12-14/h3-5,8-9,13-14H,6-7,10-12H2,1-2H3,(H,17,19). The number of amides is 1. The number of rotatable bonds is 4. The summed E-state index contributed by atoms with van der Waals surface area (Å²) in [7, 11) is 2.14. The quantitative estimate of drug-likeness (QED) is 0.902. The van der Waals surface area contributed by atoms with Gasteiger partial charge in [0.15, 0.2) is 0 Å². The zero-order chi connectivity index (χ0) is 13.7. The van der Waals surface area contributed by atoms with Crippen molar-refractivity contribution in [3.05, 3.63) is 35.9 Å². The van der Waals surface area contributed by atoms with E-state index in [1.807, 2.05) is 25.1 Å². The van der Waals surface area contributed by atoms with Crippen LogP contribution in [0.2, 0.25) is 0 Å². The lowest BCUT2D eigenvalue weighted by Gasteiger charge is -2.29. The highest BCUT2D eigenvalue weighted by molar-refractivity contribution is 5.76. The average Bonchev–Trinajstić information content (AvgIpc) is 2.39. The molecule has 0 saturated carbocycles. The summed E-state index contributed by atoms with van der Waals surface area (Å²) in [5, 5.41) is 3.10. The van der Waals surface area contributed by atoms with Crippen LogP contribution in [-0.2, 0) is 4.79 Å². The molecule has 1 aliphatic heterocycles. The van der Waals surface area contributed by atoms with Crippen LogP contribution < -0.4 is 5.32 Å². The number of nitrogens with one attached hydrogen (secondary N) is 1. The number of nitrogens with zero attached hydrogens (tertiary/aromatic N) is 1. The minimum Gasteiger partial charge on any atom is -0.350 e.